The summed E-state index contributed by atoms with van der Waals surface area (Å²) in [6.45, 7) is 0. The van der Waals surface area contributed by atoms with Crippen LogP contribution in [0.25, 0.3) is 0 Å². The minimum atomic E-state index is -0.445. The highest BCUT2D eigenvalue weighted by molar-refractivity contribution is 7.80. The van der Waals surface area contributed by atoms with Gasteiger partial charge in [-0.15, -0.1) is 5.10 Å². The number of nitrogens with zero attached hydrogens (tertiary/aromatic N) is 2. The van der Waals surface area contributed by atoms with Gasteiger partial charge < -0.3 is 10.1 Å². The van der Waals surface area contributed by atoms with Crippen molar-refractivity contribution in [2.45, 2.75) is 0 Å². The Morgan fingerprint density at radius 2 is 1.95 bits per heavy atom. The Morgan fingerprint density at radius 3 is 2.55 bits per heavy atom. The number of carbonyl (C=O) groups excluding carboxylic acids is 2. The van der Waals surface area contributed by atoms with Gasteiger partial charge in [-0.2, -0.15) is 0 Å². The quantitative estimate of drug-likeness (QED) is 0.432. The summed E-state index contributed by atoms with van der Waals surface area (Å²) < 4.78 is 8.19. The maximum absolute atomic E-state index is 11.6. The molecule has 2 rings (SSSR count). The second-order valence-corrected chi connectivity index (χ2v) is 4.91. The normalized spacial score (nSPS) is 9.68. The minimum Gasteiger partial charge on any atom is -0.465 e. The molecule has 1 aromatic carbocycles. The number of carbonyl (C=O) groups is 2. The van der Waals surface area contributed by atoms with Gasteiger partial charge in [-0.1, -0.05) is 4.49 Å². The number of hydrogen-bond donors (Lipinski definition) is 3. The number of hydrogen-bond acceptors (Lipinski definition) is 7. The highest BCUT2D eigenvalue weighted by Gasteiger charge is 2.09. The van der Waals surface area contributed by atoms with E-state index in [1.54, 1.807) is 24.3 Å². The fourth-order valence-electron chi connectivity index (χ4n) is 1.41. The summed E-state index contributed by atoms with van der Waals surface area (Å²) in [5, 5.41) is 8.16. The summed E-state index contributed by atoms with van der Waals surface area (Å²) in [7, 11) is 1.31. The van der Waals surface area contributed by atoms with Gasteiger partial charge in [0.25, 0.3) is 5.91 Å². The molecule has 0 unspecified atom stereocenters. The Bertz CT molecular complexity index is 673. The van der Waals surface area contributed by atoms with Crippen molar-refractivity contribution in [2.75, 3.05) is 12.4 Å². The van der Waals surface area contributed by atoms with Crippen LogP contribution in [0.3, 0.4) is 0 Å². The van der Waals surface area contributed by atoms with E-state index in [4.69, 9.17) is 12.2 Å². The largest absolute Gasteiger partial charge is 0.465 e. The van der Waals surface area contributed by atoms with Crippen LogP contribution < -0.4 is 16.2 Å². The fourth-order valence-corrected chi connectivity index (χ4v) is 2.02. The number of methoxy groups -OCH3 is 1. The molecule has 0 saturated carbocycles. The van der Waals surface area contributed by atoms with Crippen molar-refractivity contribution in [3.63, 3.8) is 0 Å². The number of amides is 1. The summed E-state index contributed by atoms with van der Waals surface area (Å²) in [6.07, 6.45) is 0. The first-order valence-electron chi connectivity index (χ1n) is 5.93. The minimum absolute atomic E-state index is 0.183. The van der Waals surface area contributed by atoms with Crippen LogP contribution in [0.1, 0.15) is 20.8 Å². The summed E-state index contributed by atoms with van der Waals surface area (Å²) in [6, 6.07) is 6.51. The standard InChI is InChI=1S/C12H11N5O3S2/c1-20-11(19)7-2-4-8(5-3-7)13-12(21)16-15-10(18)9-6-22-17-14-9/h2-6H,1H3,(H,15,18)(H2,13,16,21). The van der Waals surface area contributed by atoms with Gasteiger partial charge in [0.1, 0.15) is 0 Å². The number of hydrazine groups is 1. The third-order valence-corrected chi connectivity index (χ3v) is 3.15. The molecule has 22 heavy (non-hydrogen) atoms. The van der Waals surface area contributed by atoms with Crippen LogP contribution in [0.4, 0.5) is 5.69 Å². The molecule has 0 saturated heterocycles. The molecular weight excluding hydrogens is 326 g/mol. The Hall–Kier alpha value is -2.59. The first-order chi connectivity index (χ1) is 10.6. The first kappa shape index (κ1) is 15.8. The number of aromatic nitrogens is 2. The van der Waals surface area contributed by atoms with E-state index < -0.39 is 11.9 Å². The van der Waals surface area contributed by atoms with Crippen molar-refractivity contribution in [2.24, 2.45) is 0 Å². The van der Waals surface area contributed by atoms with Gasteiger partial charge in [0.2, 0.25) is 0 Å². The van der Waals surface area contributed by atoms with E-state index in [0.29, 0.717) is 11.3 Å². The average Bonchev–Trinajstić information content (AvgIpc) is 3.07. The van der Waals surface area contributed by atoms with Gasteiger partial charge in [0, 0.05) is 11.1 Å². The van der Waals surface area contributed by atoms with E-state index in [0.717, 1.165) is 11.5 Å². The van der Waals surface area contributed by atoms with Crippen molar-refractivity contribution >= 4 is 46.4 Å². The third kappa shape index (κ3) is 4.20. The molecule has 1 amide bonds. The van der Waals surface area contributed by atoms with Crippen LogP contribution in [0.15, 0.2) is 29.6 Å². The molecule has 0 aliphatic carbocycles. The predicted octanol–water partition coefficient (Wildman–Crippen LogP) is 0.956. The Labute approximate surface area is 135 Å². The summed E-state index contributed by atoms with van der Waals surface area (Å²) in [5.41, 5.74) is 6.19. The predicted molar refractivity (Wildman–Crippen MR) is 84.5 cm³/mol. The summed E-state index contributed by atoms with van der Waals surface area (Å²) in [4.78, 5) is 22.9. The Kier molecular flexibility index (Phi) is 5.33. The lowest BCUT2D eigenvalue weighted by Gasteiger charge is -2.11. The maximum atomic E-state index is 11.6. The van der Waals surface area contributed by atoms with Crippen molar-refractivity contribution in [3.05, 3.63) is 40.9 Å². The number of nitrogens with one attached hydrogen (secondary N) is 3. The number of rotatable bonds is 3. The molecule has 0 aliphatic heterocycles. The first-order valence-corrected chi connectivity index (χ1v) is 7.17. The number of thiocarbonyl (C=S) groups is 1. The Balaban J connectivity index is 1.84. The molecule has 1 heterocycles. The van der Waals surface area contributed by atoms with Crippen LogP contribution in [0, 0.1) is 0 Å². The van der Waals surface area contributed by atoms with Crippen molar-refractivity contribution in [1.82, 2.24) is 20.4 Å². The highest BCUT2D eigenvalue weighted by atomic mass is 32.1. The lowest BCUT2D eigenvalue weighted by molar-refractivity contribution is 0.0600. The van der Waals surface area contributed by atoms with Crippen LogP contribution in [0.5, 0.6) is 0 Å². The molecule has 114 valence electrons. The van der Waals surface area contributed by atoms with Gasteiger partial charge in [0.15, 0.2) is 10.8 Å². The second kappa shape index (κ2) is 7.43. The molecule has 0 fully saturated rings. The molecule has 0 spiro atoms. The monoisotopic (exact) mass is 337 g/mol. The van der Waals surface area contributed by atoms with Crippen molar-refractivity contribution in [3.8, 4) is 0 Å². The molecule has 0 atom stereocenters. The zero-order valence-electron chi connectivity index (χ0n) is 11.3. The van der Waals surface area contributed by atoms with Gasteiger partial charge >= 0.3 is 5.97 Å². The van der Waals surface area contributed by atoms with E-state index in [9.17, 15) is 9.59 Å². The SMILES string of the molecule is COC(=O)c1ccc(NC(=S)NNC(=O)c2csnn2)cc1. The van der Waals surface area contributed by atoms with Gasteiger partial charge in [-0.3, -0.25) is 15.6 Å². The van der Waals surface area contributed by atoms with E-state index in [2.05, 4.69) is 30.5 Å². The smallest absolute Gasteiger partial charge is 0.337 e. The molecule has 0 aliphatic rings. The topological polar surface area (TPSA) is 105 Å². The van der Waals surface area contributed by atoms with E-state index >= 15 is 0 Å². The van der Waals surface area contributed by atoms with Crippen molar-refractivity contribution in [1.29, 1.82) is 0 Å². The lowest BCUT2D eigenvalue weighted by atomic mass is 10.2. The van der Waals surface area contributed by atoms with Crippen LogP contribution in [-0.2, 0) is 4.74 Å². The fraction of sp³-hybridized carbons (Fsp3) is 0.0833. The van der Waals surface area contributed by atoms with Crippen molar-refractivity contribution < 1.29 is 14.3 Å². The summed E-state index contributed by atoms with van der Waals surface area (Å²) >= 11 is 6.10. The number of anilines is 1. The average molecular weight is 337 g/mol. The zero-order valence-corrected chi connectivity index (χ0v) is 13.0. The second-order valence-electron chi connectivity index (χ2n) is 3.89. The van der Waals surface area contributed by atoms with Gasteiger partial charge in [-0.25, -0.2) is 4.79 Å². The molecule has 2 aromatic rings. The van der Waals surface area contributed by atoms with Crippen LogP contribution in [0.2, 0.25) is 0 Å². The molecule has 1 aromatic heterocycles. The lowest BCUT2D eigenvalue weighted by Crippen LogP contribution is -2.43. The van der Waals surface area contributed by atoms with Gasteiger partial charge in [-0.05, 0) is 48.0 Å². The number of ether oxygens (including phenoxy) is 1. The van der Waals surface area contributed by atoms with E-state index in [-0.39, 0.29) is 10.8 Å². The molecular formula is C12H11N5O3S2. The summed E-state index contributed by atoms with van der Waals surface area (Å²) in [5.74, 6) is -0.865. The van der Waals surface area contributed by atoms with Crippen LogP contribution >= 0.6 is 23.8 Å². The van der Waals surface area contributed by atoms with E-state index in [1.165, 1.54) is 12.5 Å². The van der Waals surface area contributed by atoms with E-state index in [1.807, 2.05) is 0 Å². The number of benzene rings is 1. The zero-order chi connectivity index (χ0) is 15.9. The maximum Gasteiger partial charge on any atom is 0.337 e. The molecule has 0 radical (unpaired) electrons. The van der Waals surface area contributed by atoms with Gasteiger partial charge in [0.05, 0.1) is 12.7 Å². The molecule has 10 heteroatoms. The molecule has 0 bridgehead atoms. The van der Waals surface area contributed by atoms with Crippen LogP contribution in [-0.4, -0.2) is 33.7 Å². The number of esters is 1. The Morgan fingerprint density at radius 1 is 1.23 bits per heavy atom. The highest BCUT2D eigenvalue weighted by Crippen LogP contribution is 2.10. The third-order valence-electron chi connectivity index (χ3n) is 2.45. The molecule has 3 N–H and O–H groups in total. The molecule has 8 nitrogen and oxygen atoms in total.